The molecule has 0 saturated heterocycles. The zero-order valence-electron chi connectivity index (χ0n) is 9.64. The summed E-state index contributed by atoms with van der Waals surface area (Å²) in [7, 11) is 0. The van der Waals surface area contributed by atoms with Crippen LogP contribution in [0.5, 0.6) is 0 Å². The molecule has 90 valence electrons. The Morgan fingerprint density at radius 1 is 1.53 bits per heavy atom. The maximum absolute atomic E-state index is 11.8. The van der Waals surface area contributed by atoms with E-state index in [2.05, 4.69) is 10.3 Å². The zero-order valence-corrected chi connectivity index (χ0v) is 10.5. The van der Waals surface area contributed by atoms with Gasteiger partial charge in [0.1, 0.15) is 0 Å². The molecule has 0 saturated carbocycles. The molecule has 2 aromatic rings. The lowest BCUT2D eigenvalue weighted by Gasteiger charge is -2.10. The SMILES string of the molecule is CCC(CN)C(=O)Nc1nc2ccccc2s1. The molecule has 0 aliphatic heterocycles. The number of para-hydroxylation sites is 1. The van der Waals surface area contributed by atoms with Gasteiger partial charge in [-0.25, -0.2) is 4.98 Å². The molecule has 1 unspecified atom stereocenters. The van der Waals surface area contributed by atoms with Crippen molar-refractivity contribution in [2.45, 2.75) is 13.3 Å². The van der Waals surface area contributed by atoms with Gasteiger partial charge in [-0.1, -0.05) is 30.4 Å². The number of amides is 1. The number of rotatable bonds is 4. The first kappa shape index (κ1) is 12.0. The van der Waals surface area contributed by atoms with E-state index in [0.29, 0.717) is 11.7 Å². The van der Waals surface area contributed by atoms with Crippen LogP contribution >= 0.6 is 11.3 Å². The molecule has 0 spiro atoms. The number of thiazole rings is 1. The fraction of sp³-hybridized carbons (Fsp3) is 0.333. The van der Waals surface area contributed by atoms with Crippen molar-refractivity contribution in [3.63, 3.8) is 0 Å². The van der Waals surface area contributed by atoms with Gasteiger partial charge >= 0.3 is 0 Å². The molecule has 1 amide bonds. The van der Waals surface area contributed by atoms with Gasteiger partial charge in [-0.05, 0) is 18.6 Å². The van der Waals surface area contributed by atoms with Crippen molar-refractivity contribution >= 4 is 32.6 Å². The lowest BCUT2D eigenvalue weighted by molar-refractivity contribution is -0.119. The predicted molar refractivity (Wildman–Crippen MR) is 71.1 cm³/mol. The van der Waals surface area contributed by atoms with Crippen LogP contribution in [-0.4, -0.2) is 17.4 Å². The summed E-state index contributed by atoms with van der Waals surface area (Å²) in [6.07, 6.45) is 0.743. The minimum atomic E-state index is -0.137. The average Bonchev–Trinajstić information content (AvgIpc) is 2.72. The number of nitrogens with zero attached hydrogens (tertiary/aromatic N) is 1. The fourth-order valence-corrected chi connectivity index (χ4v) is 2.46. The van der Waals surface area contributed by atoms with Gasteiger partial charge in [0.15, 0.2) is 5.13 Å². The highest BCUT2D eigenvalue weighted by atomic mass is 32.1. The summed E-state index contributed by atoms with van der Waals surface area (Å²) in [6, 6.07) is 7.81. The van der Waals surface area contributed by atoms with Crippen LogP contribution in [-0.2, 0) is 4.79 Å². The highest BCUT2D eigenvalue weighted by Crippen LogP contribution is 2.25. The van der Waals surface area contributed by atoms with Crippen LogP contribution in [0, 0.1) is 5.92 Å². The summed E-state index contributed by atoms with van der Waals surface area (Å²) in [5, 5.41) is 3.46. The fourth-order valence-electron chi connectivity index (χ4n) is 1.59. The Bertz CT molecular complexity index is 486. The first-order valence-corrected chi connectivity index (χ1v) is 6.42. The van der Waals surface area contributed by atoms with Gasteiger partial charge in [-0.3, -0.25) is 4.79 Å². The predicted octanol–water partition coefficient (Wildman–Crippen LogP) is 2.22. The van der Waals surface area contributed by atoms with Crippen molar-refractivity contribution in [3.05, 3.63) is 24.3 Å². The highest BCUT2D eigenvalue weighted by molar-refractivity contribution is 7.22. The van der Waals surface area contributed by atoms with E-state index in [4.69, 9.17) is 5.73 Å². The van der Waals surface area contributed by atoms with Crippen LogP contribution in [0.4, 0.5) is 5.13 Å². The van der Waals surface area contributed by atoms with E-state index in [1.54, 1.807) is 0 Å². The Morgan fingerprint density at radius 3 is 2.94 bits per heavy atom. The number of nitrogens with two attached hydrogens (primary N) is 1. The van der Waals surface area contributed by atoms with Crippen molar-refractivity contribution in [2.75, 3.05) is 11.9 Å². The topological polar surface area (TPSA) is 68.0 Å². The molecular weight excluding hydrogens is 234 g/mol. The lowest BCUT2D eigenvalue weighted by atomic mass is 10.1. The van der Waals surface area contributed by atoms with Crippen molar-refractivity contribution in [3.8, 4) is 0 Å². The normalized spacial score (nSPS) is 12.6. The number of aromatic nitrogens is 1. The third-order valence-electron chi connectivity index (χ3n) is 2.67. The molecule has 0 aliphatic rings. The van der Waals surface area contributed by atoms with Crippen LogP contribution in [0.3, 0.4) is 0 Å². The number of nitrogens with one attached hydrogen (secondary N) is 1. The molecule has 1 heterocycles. The highest BCUT2D eigenvalue weighted by Gasteiger charge is 2.16. The van der Waals surface area contributed by atoms with Crippen LogP contribution in [0.2, 0.25) is 0 Å². The van der Waals surface area contributed by atoms with Gasteiger partial charge in [0.05, 0.1) is 16.1 Å². The third-order valence-corrected chi connectivity index (χ3v) is 3.62. The van der Waals surface area contributed by atoms with Crippen LogP contribution in [0.15, 0.2) is 24.3 Å². The van der Waals surface area contributed by atoms with Crippen molar-refractivity contribution in [1.29, 1.82) is 0 Å². The number of fused-ring (bicyclic) bond motifs is 1. The number of hydrogen-bond acceptors (Lipinski definition) is 4. The maximum atomic E-state index is 11.8. The molecule has 2 rings (SSSR count). The molecule has 1 atom stereocenters. The summed E-state index contributed by atoms with van der Waals surface area (Å²) >= 11 is 1.48. The Hall–Kier alpha value is -1.46. The van der Waals surface area contributed by atoms with Crippen molar-refractivity contribution < 1.29 is 4.79 Å². The Morgan fingerprint density at radius 2 is 2.29 bits per heavy atom. The minimum absolute atomic E-state index is 0.0472. The van der Waals surface area contributed by atoms with Crippen molar-refractivity contribution in [2.24, 2.45) is 11.7 Å². The van der Waals surface area contributed by atoms with E-state index in [1.807, 2.05) is 31.2 Å². The summed E-state index contributed by atoms with van der Waals surface area (Å²) < 4.78 is 1.07. The number of anilines is 1. The summed E-state index contributed by atoms with van der Waals surface area (Å²) in [5.74, 6) is -0.184. The Balaban J connectivity index is 2.15. The van der Waals surface area contributed by atoms with E-state index in [1.165, 1.54) is 11.3 Å². The summed E-state index contributed by atoms with van der Waals surface area (Å²) in [4.78, 5) is 16.2. The summed E-state index contributed by atoms with van der Waals surface area (Å²) in [6.45, 7) is 2.32. The lowest BCUT2D eigenvalue weighted by Crippen LogP contribution is -2.28. The molecular formula is C12H15N3OS. The smallest absolute Gasteiger partial charge is 0.230 e. The van der Waals surface area contributed by atoms with Crippen LogP contribution in [0.25, 0.3) is 10.2 Å². The van der Waals surface area contributed by atoms with Crippen LogP contribution < -0.4 is 11.1 Å². The van der Waals surface area contributed by atoms with Gasteiger partial charge in [0.25, 0.3) is 0 Å². The Kier molecular flexibility index (Phi) is 3.71. The van der Waals surface area contributed by atoms with E-state index < -0.39 is 0 Å². The zero-order chi connectivity index (χ0) is 12.3. The summed E-state index contributed by atoms with van der Waals surface area (Å²) in [5.41, 5.74) is 6.45. The molecule has 5 heteroatoms. The first-order valence-electron chi connectivity index (χ1n) is 5.61. The number of benzene rings is 1. The standard InChI is InChI=1S/C12H15N3OS/c1-2-8(7-13)11(16)15-12-14-9-5-3-4-6-10(9)17-12/h3-6,8H,2,7,13H2,1H3,(H,14,15,16). The maximum Gasteiger partial charge on any atom is 0.230 e. The quantitative estimate of drug-likeness (QED) is 0.873. The Labute approximate surface area is 104 Å². The molecule has 1 aromatic heterocycles. The minimum Gasteiger partial charge on any atom is -0.330 e. The molecule has 1 aromatic carbocycles. The first-order chi connectivity index (χ1) is 8.24. The molecule has 3 N–H and O–H groups in total. The van der Waals surface area contributed by atoms with Crippen molar-refractivity contribution in [1.82, 2.24) is 4.98 Å². The second-order valence-electron chi connectivity index (χ2n) is 3.82. The molecule has 4 nitrogen and oxygen atoms in total. The molecule has 0 fully saturated rings. The van der Waals surface area contributed by atoms with Gasteiger partial charge in [0, 0.05) is 6.54 Å². The van der Waals surface area contributed by atoms with Gasteiger partial charge < -0.3 is 11.1 Å². The van der Waals surface area contributed by atoms with E-state index in [9.17, 15) is 4.79 Å². The van der Waals surface area contributed by atoms with Gasteiger partial charge in [-0.15, -0.1) is 0 Å². The number of carbonyl (C=O) groups excluding carboxylic acids is 1. The second-order valence-corrected chi connectivity index (χ2v) is 4.85. The monoisotopic (exact) mass is 249 g/mol. The van der Waals surface area contributed by atoms with E-state index in [0.717, 1.165) is 16.6 Å². The largest absolute Gasteiger partial charge is 0.330 e. The average molecular weight is 249 g/mol. The van der Waals surface area contributed by atoms with Gasteiger partial charge in [0.2, 0.25) is 5.91 Å². The molecule has 0 bridgehead atoms. The third kappa shape index (κ3) is 2.62. The van der Waals surface area contributed by atoms with Gasteiger partial charge in [-0.2, -0.15) is 0 Å². The second kappa shape index (κ2) is 5.25. The van der Waals surface area contributed by atoms with Crippen LogP contribution in [0.1, 0.15) is 13.3 Å². The number of carbonyl (C=O) groups is 1. The molecule has 0 aliphatic carbocycles. The number of hydrogen-bond donors (Lipinski definition) is 2. The van der Waals surface area contributed by atoms with E-state index >= 15 is 0 Å². The molecule has 17 heavy (non-hydrogen) atoms. The molecule has 0 radical (unpaired) electrons. The van der Waals surface area contributed by atoms with E-state index in [-0.39, 0.29) is 11.8 Å².